The summed E-state index contributed by atoms with van der Waals surface area (Å²) in [6, 6.07) is 11.5. The largest absolute Gasteiger partial charge is 0.352 e. The van der Waals surface area contributed by atoms with Gasteiger partial charge in [0.25, 0.3) is 0 Å². The van der Waals surface area contributed by atoms with Crippen LogP contribution in [0.5, 0.6) is 0 Å². The fourth-order valence-corrected chi connectivity index (χ4v) is 3.14. The number of thiophene rings is 1. The van der Waals surface area contributed by atoms with Crippen molar-refractivity contribution in [3.63, 3.8) is 0 Å². The molecular formula is C16H16N2O2S. The summed E-state index contributed by atoms with van der Waals surface area (Å²) in [5, 5.41) is 6.90. The first-order chi connectivity index (χ1) is 10.2. The molecule has 1 aromatic heterocycles. The molecule has 1 aromatic carbocycles. The van der Waals surface area contributed by atoms with E-state index in [9.17, 15) is 9.59 Å². The first-order valence-corrected chi connectivity index (χ1v) is 7.82. The van der Waals surface area contributed by atoms with E-state index in [4.69, 9.17) is 0 Å². The number of rotatable bonds is 4. The van der Waals surface area contributed by atoms with Crippen molar-refractivity contribution in [2.75, 3.05) is 11.4 Å². The Bertz CT molecular complexity index is 625. The molecule has 1 unspecified atom stereocenters. The molecule has 1 saturated heterocycles. The lowest BCUT2D eigenvalue weighted by atomic mass is 10.1. The molecule has 4 nitrogen and oxygen atoms in total. The average Bonchev–Trinajstić information content (AvgIpc) is 3.15. The monoisotopic (exact) mass is 300 g/mol. The molecule has 21 heavy (non-hydrogen) atoms. The maximum atomic E-state index is 12.2. The lowest BCUT2D eigenvalue weighted by Gasteiger charge is -2.16. The second kappa shape index (κ2) is 6.10. The zero-order chi connectivity index (χ0) is 14.7. The number of nitrogens with one attached hydrogen (secondary N) is 1. The Labute approximate surface area is 127 Å². The highest BCUT2D eigenvalue weighted by atomic mass is 32.1. The highest BCUT2D eigenvalue weighted by molar-refractivity contribution is 7.07. The zero-order valence-corrected chi connectivity index (χ0v) is 12.3. The Hall–Kier alpha value is -2.14. The highest BCUT2D eigenvalue weighted by Gasteiger charge is 2.34. The van der Waals surface area contributed by atoms with Crippen molar-refractivity contribution in [3.8, 4) is 0 Å². The van der Waals surface area contributed by atoms with E-state index in [1.165, 1.54) is 0 Å². The molecule has 0 aliphatic carbocycles. The van der Waals surface area contributed by atoms with E-state index in [2.05, 4.69) is 5.32 Å². The van der Waals surface area contributed by atoms with E-state index in [1.54, 1.807) is 16.2 Å². The second-order valence-corrected chi connectivity index (χ2v) is 5.87. The molecule has 2 amide bonds. The van der Waals surface area contributed by atoms with Crippen LogP contribution in [0.15, 0.2) is 47.2 Å². The molecule has 0 saturated carbocycles. The van der Waals surface area contributed by atoms with Gasteiger partial charge in [0.15, 0.2) is 0 Å². The summed E-state index contributed by atoms with van der Waals surface area (Å²) in [4.78, 5) is 25.9. The molecule has 1 fully saturated rings. The van der Waals surface area contributed by atoms with Gasteiger partial charge >= 0.3 is 0 Å². The van der Waals surface area contributed by atoms with Crippen LogP contribution in [0.2, 0.25) is 0 Å². The first kappa shape index (κ1) is 13.8. The molecule has 2 aromatic rings. The van der Waals surface area contributed by atoms with Gasteiger partial charge in [-0.1, -0.05) is 18.2 Å². The minimum atomic E-state index is -0.267. The molecule has 108 valence electrons. The fourth-order valence-electron chi connectivity index (χ4n) is 2.47. The fraction of sp³-hybridized carbons (Fsp3) is 0.250. The molecule has 0 spiro atoms. The molecule has 5 heteroatoms. The molecule has 3 rings (SSSR count). The lowest BCUT2D eigenvalue weighted by molar-refractivity contribution is -0.126. The Balaban J connectivity index is 1.60. The molecule has 0 radical (unpaired) electrons. The van der Waals surface area contributed by atoms with Crippen LogP contribution in [0.25, 0.3) is 0 Å². The summed E-state index contributed by atoms with van der Waals surface area (Å²) in [5.74, 6) is -0.304. The Morgan fingerprint density at radius 3 is 2.81 bits per heavy atom. The number of amides is 2. The SMILES string of the molecule is O=C(NCc1ccsc1)C1CC(=O)N(c2ccccc2)C1. The van der Waals surface area contributed by atoms with Gasteiger partial charge in [0.2, 0.25) is 11.8 Å². The molecular weight excluding hydrogens is 284 g/mol. The van der Waals surface area contributed by atoms with Crippen LogP contribution in [0.3, 0.4) is 0 Å². The van der Waals surface area contributed by atoms with Gasteiger partial charge in [0.05, 0.1) is 5.92 Å². The van der Waals surface area contributed by atoms with E-state index < -0.39 is 0 Å². The van der Waals surface area contributed by atoms with E-state index >= 15 is 0 Å². The smallest absolute Gasteiger partial charge is 0.227 e. The van der Waals surface area contributed by atoms with Crippen LogP contribution in [0.4, 0.5) is 5.69 Å². The predicted molar refractivity (Wildman–Crippen MR) is 83.1 cm³/mol. The quantitative estimate of drug-likeness (QED) is 0.942. The molecule has 2 heterocycles. The number of carbonyl (C=O) groups is 2. The van der Waals surface area contributed by atoms with Crippen LogP contribution in [-0.2, 0) is 16.1 Å². The maximum Gasteiger partial charge on any atom is 0.227 e. The van der Waals surface area contributed by atoms with Crippen LogP contribution in [0, 0.1) is 5.92 Å². The molecule has 0 bridgehead atoms. The topological polar surface area (TPSA) is 49.4 Å². The molecule has 1 aliphatic rings. The van der Waals surface area contributed by atoms with Gasteiger partial charge in [0, 0.05) is 25.2 Å². The van der Waals surface area contributed by atoms with Crippen molar-refractivity contribution >= 4 is 28.8 Å². The molecule has 1 atom stereocenters. The number of para-hydroxylation sites is 1. The first-order valence-electron chi connectivity index (χ1n) is 6.88. The van der Waals surface area contributed by atoms with Crippen LogP contribution < -0.4 is 10.2 Å². The standard InChI is InChI=1S/C16H16N2O2S/c19-15-8-13(10-18(15)14-4-2-1-3-5-14)16(20)17-9-12-6-7-21-11-12/h1-7,11,13H,8-10H2,(H,17,20). The molecule has 1 N–H and O–H groups in total. The van der Waals surface area contributed by atoms with Crippen LogP contribution in [0.1, 0.15) is 12.0 Å². The summed E-state index contributed by atoms with van der Waals surface area (Å²) >= 11 is 1.61. The number of anilines is 1. The van der Waals surface area contributed by atoms with Crippen LogP contribution >= 0.6 is 11.3 Å². The predicted octanol–water partition coefficient (Wildman–Crippen LogP) is 2.42. The Morgan fingerprint density at radius 1 is 1.29 bits per heavy atom. The second-order valence-electron chi connectivity index (χ2n) is 5.09. The van der Waals surface area contributed by atoms with E-state index in [1.807, 2.05) is 47.2 Å². The number of carbonyl (C=O) groups excluding carboxylic acids is 2. The Morgan fingerprint density at radius 2 is 2.10 bits per heavy atom. The maximum absolute atomic E-state index is 12.2. The van der Waals surface area contributed by atoms with Gasteiger partial charge in [-0.15, -0.1) is 0 Å². The third-order valence-electron chi connectivity index (χ3n) is 3.61. The van der Waals surface area contributed by atoms with Crippen molar-refractivity contribution in [3.05, 3.63) is 52.7 Å². The van der Waals surface area contributed by atoms with Crippen molar-refractivity contribution in [2.45, 2.75) is 13.0 Å². The summed E-state index contributed by atoms with van der Waals surface area (Å²) in [6.45, 7) is 0.983. The van der Waals surface area contributed by atoms with E-state index in [0.717, 1.165) is 11.3 Å². The molecule has 1 aliphatic heterocycles. The van der Waals surface area contributed by atoms with Gasteiger partial charge < -0.3 is 10.2 Å². The van der Waals surface area contributed by atoms with Gasteiger partial charge in [-0.25, -0.2) is 0 Å². The van der Waals surface area contributed by atoms with Crippen LogP contribution in [-0.4, -0.2) is 18.4 Å². The summed E-state index contributed by atoms with van der Waals surface area (Å²) in [7, 11) is 0. The lowest BCUT2D eigenvalue weighted by Crippen LogP contribution is -2.32. The van der Waals surface area contributed by atoms with Gasteiger partial charge in [-0.05, 0) is 34.5 Å². The normalized spacial score (nSPS) is 18.0. The number of hydrogen-bond acceptors (Lipinski definition) is 3. The van der Waals surface area contributed by atoms with Crippen molar-refractivity contribution < 1.29 is 9.59 Å². The minimum Gasteiger partial charge on any atom is -0.352 e. The van der Waals surface area contributed by atoms with Gasteiger partial charge in [-0.2, -0.15) is 11.3 Å². The van der Waals surface area contributed by atoms with Crippen molar-refractivity contribution in [1.82, 2.24) is 5.32 Å². The van der Waals surface area contributed by atoms with Gasteiger partial charge in [-0.3, -0.25) is 9.59 Å². The third-order valence-corrected chi connectivity index (χ3v) is 4.34. The summed E-state index contributed by atoms with van der Waals surface area (Å²) in [5.41, 5.74) is 1.95. The average molecular weight is 300 g/mol. The Kier molecular flexibility index (Phi) is 4.01. The van der Waals surface area contributed by atoms with Crippen molar-refractivity contribution in [2.24, 2.45) is 5.92 Å². The number of nitrogens with zero attached hydrogens (tertiary/aromatic N) is 1. The van der Waals surface area contributed by atoms with E-state index in [0.29, 0.717) is 13.1 Å². The van der Waals surface area contributed by atoms with Gasteiger partial charge in [0.1, 0.15) is 0 Å². The summed E-state index contributed by atoms with van der Waals surface area (Å²) < 4.78 is 0. The minimum absolute atomic E-state index is 0.0110. The van der Waals surface area contributed by atoms with Crippen molar-refractivity contribution in [1.29, 1.82) is 0 Å². The van der Waals surface area contributed by atoms with E-state index in [-0.39, 0.29) is 24.2 Å². The summed E-state index contributed by atoms with van der Waals surface area (Å²) in [6.07, 6.45) is 0.282. The number of hydrogen-bond donors (Lipinski definition) is 1. The third kappa shape index (κ3) is 3.13. The highest BCUT2D eigenvalue weighted by Crippen LogP contribution is 2.24. The number of benzene rings is 1. The zero-order valence-electron chi connectivity index (χ0n) is 11.5.